The number of hydrogen-bond donors (Lipinski definition) is 1. The van der Waals surface area contributed by atoms with Crippen LogP contribution in [-0.4, -0.2) is 10.8 Å². The Morgan fingerprint density at radius 2 is 1.80 bits per heavy atom. The second-order valence-corrected chi connectivity index (χ2v) is 4.32. The van der Waals surface area contributed by atoms with Crippen molar-refractivity contribution >= 4 is 11.6 Å². The van der Waals surface area contributed by atoms with Crippen molar-refractivity contribution in [1.29, 1.82) is 0 Å². The van der Waals surface area contributed by atoms with E-state index in [1.807, 2.05) is 0 Å². The number of fused-ring (bicyclic) bond motifs is 1. The van der Waals surface area contributed by atoms with Crippen LogP contribution >= 0.6 is 0 Å². The van der Waals surface area contributed by atoms with Crippen LogP contribution in [0.1, 0.15) is 22.1 Å². The summed E-state index contributed by atoms with van der Waals surface area (Å²) < 4.78 is 5.69. The molecule has 100 valence electrons. The number of para-hydroxylation sites is 1. The van der Waals surface area contributed by atoms with Crippen molar-refractivity contribution in [1.82, 2.24) is 5.32 Å². The van der Waals surface area contributed by atoms with E-state index in [-0.39, 0.29) is 11.6 Å². The summed E-state index contributed by atoms with van der Waals surface area (Å²) in [5, 5.41) is 13.3. The van der Waals surface area contributed by atoms with Crippen molar-refractivity contribution < 1.29 is 14.5 Å². The van der Waals surface area contributed by atoms with Crippen LogP contribution in [0.25, 0.3) is 0 Å². The largest absolute Gasteiger partial charge is 0.466 e. The zero-order valence-corrected chi connectivity index (χ0v) is 10.3. The maximum absolute atomic E-state index is 11.9. The molecule has 0 spiro atoms. The van der Waals surface area contributed by atoms with Crippen molar-refractivity contribution in [3.8, 4) is 5.75 Å². The first kappa shape index (κ1) is 12.2. The highest BCUT2D eigenvalue weighted by molar-refractivity contribution is 5.97. The number of benzene rings is 2. The lowest BCUT2D eigenvalue weighted by Crippen LogP contribution is -2.36. The van der Waals surface area contributed by atoms with E-state index in [2.05, 4.69) is 5.32 Å². The van der Waals surface area contributed by atoms with Crippen LogP contribution in [-0.2, 0) is 0 Å². The summed E-state index contributed by atoms with van der Waals surface area (Å²) in [4.78, 5) is 22.1. The monoisotopic (exact) mass is 270 g/mol. The van der Waals surface area contributed by atoms with E-state index in [0.29, 0.717) is 16.9 Å². The fraction of sp³-hybridized carbons (Fsp3) is 0.0714. The summed E-state index contributed by atoms with van der Waals surface area (Å²) in [5.41, 5.74) is 1.13. The van der Waals surface area contributed by atoms with Gasteiger partial charge >= 0.3 is 0 Å². The van der Waals surface area contributed by atoms with Gasteiger partial charge in [-0.2, -0.15) is 0 Å². The number of nitro groups is 1. The summed E-state index contributed by atoms with van der Waals surface area (Å²) in [5.74, 6) is 0.273. The first-order valence-corrected chi connectivity index (χ1v) is 5.96. The Hall–Kier alpha value is -2.89. The average Bonchev–Trinajstić information content (AvgIpc) is 2.47. The number of rotatable bonds is 2. The Labute approximate surface area is 114 Å². The fourth-order valence-electron chi connectivity index (χ4n) is 2.03. The Kier molecular flexibility index (Phi) is 2.83. The molecule has 0 saturated heterocycles. The third-order valence-electron chi connectivity index (χ3n) is 3.05. The number of carbonyl (C=O) groups is 1. The summed E-state index contributed by atoms with van der Waals surface area (Å²) in [6.07, 6.45) is -0.641. The van der Waals surface area contributed by atoms with Crippen molar-refractivity contribution in [3.63, 3.8) is 0 Å². The molecule has 1 heterocycles. The van der Waals surface area contributed by atoms with Crippen LogP contribution in [0.2, 0.25) is 0 Å². The molecule has 6 nitrogen and oxygen atoms in total. The van der Waals surface area contributed by atoms with Crippen LogP contribution in [0.3, 0.4) is 0 Å². The third kappa shape index (κ3) is 2.07. The Balaban J connectivity index is 1.90. The van der Waals surface area contributed by atoms with Crippen LogP contribution in [0.5, 0.6) is 5.75 Å². The number of amides is 1. The van der Waals surface area contributed by atoms with Gasteiger partial charge in [-0.15, -0.1) is 0 Å². The molecular formula is C14H10N2O4. The molecule has 0 aliphatic carbocycles. The van der Waals surface area contributed by atoms with Crippen LogP contribution < -0.4 is 10.1 Å². The van der Waals surface area contributed by atoms with Gasteiger partial charge in [-0.3, -0.25) is 14.9 Å². The van der Waals surface area contributed by atoms with Crippen LogP contribution in [0.15, 0.2) is 48.5 Å². The Morgan fingerprint density at radius 1 is 1.10 bits per heavy atom. The van der Waals surface area contributed by atoms with Gasteiger partial charge in [0.05, 0.1) is 10.5 Å². The van der Waals surface area contributed by atoms with E-state index in [1.54, 1.807) is 36.4 Å². The number of nitrogens with one attached hydrogen (secondary N) is 1. The molecule has 0 aromatic heterocycles. The van der Waals surface area contributed by atoms with Crippen molar-refractivity contribution in [2.24, 2.45) is 0 Å². The number of non-ortho nitro benzene ring substituents is 1. The topological polar surface area (TPSA) is 81.5 Å². The first-order chi connectivity index (χ1) is 9.65. The molecule has 1 aliphatic rings. The van der Waals surface area contributed by atoms with Gasteiger partial charge in [0, 0.05) is 17.7 Å². The molecule has 0 saturated carbocycles. The van der Waals surface area contributed by atoms with Crippen molar-refractivity contribution in [2.75, 3.05) is 0 Å². The van der Waals surface area contributed by atoms with Crippen molar-refractivity contribution in [2.45, 2.75) is 6.23 Å². The number of carbonyl (C=O) groups excluding carboxylic acids is 1. The second kappa shape index (κ2) is 4.65. The molecule has 1 atom stereocenters. The zero-order chi connectivity index (χ0) is 14.1. The smallest absolute Gasteiger partial charge is 0.269 e. The van der Waals surface area contributed by atoms with Gasteiger partial charge in [-0.25, -0.2) is 0 Å². The lowest BCUT2D eigenvalue weighted by atomic mass is 10.1. The number of hydrogen-bond acceptors (Lipinski definition) is 4. The van der Waals surface area contributed by atoms with Gasteiger partial charge in [0.25, 0.3) is 11.6 Å². The standard InChI is InChI=1S/C14H10N2O4/c17-13-11-3-1-2-4-12(11)20-14(15-13)9-5-7-10(8-6-9)16(18)19/h1-8,14H,(H,15,17)/t14-/m1/s1. The van der Waals surface area contributed by atoms with Gasteiger partial charge in [-0.05, 0) is 24.3 Å². The molecule has 6 heteroatoms. The number of nitrogens with zero attached hydrogens (tertiary/aromatic N) is 1. The molecule has 2 aromatic rings. The van der Waals surface area contributed by atoms with Gasteiger partial charge in [0.2, 0.25) is 0 Å². The zero-order valence-electron chi connectivity index (χ0n) is 10.3. The Morgan fingerprint density at radius 3 is 2.50 bits per heavy atom. The lowest BCUT2D eigenvalue weighted by molar-refractivity contribution is -0.384. The predicted octanol–water partition coefficient (Wildman–Crippen LogP) is 2.42. The van der Waals surface area contributed by atoms with E-state index in [4.69, 9.17) is 4.74 Å². The number of nitro benzene ring substituents is 1. The summed E-state index contributed by atoms with van der Waals surface area (Å²) in [6.45, 7) is 0. The molecule has 0 bridgehead atoms. The highest BCUT2D eigenvalue weighted by Gasteiger charge is 2.26. The molecule has 0 radical (unpaired) electrons. The van der Waals surface area contributed by atoms with E-state index < -0.39 is 11.2 Å². The van der Waals surface area contributed by atoms with Crippen LogP contribution in [0, 0.1) is 10.1 Å². The maximum Gasteiger partial charge on any atom is 0.269 e. The first-order valence-electron chi connectivity index (χ1n) is 5.96. The Bertz CT molecular complexity index is 682. The maximum atomic E-state index is 11.9. The molecule has 1 amide bonds. The van der Waals surface area contributed by atoms with E-state index >= 15 is 0 Å². The van der Waals surface area contributed by atoms with Crippen LogP contribution in [0.4, 0.5) is 5.69 Å². The minimum atomic E-state index is -0.641. The van der Waals surface area contributed by atoms with Crippen molar-refractivity contribution in [3.05, 3.63) is 69.8 Å². The molecule has 2 aromatic carbocycles. The van der Waals surface area contributed by atoms with E-state index in [9.17, 15) is 14.9 Å². The molecule has 0 fully saturated rings. The number of ether oxygens (including phenoxy) is 1. The molecule has 3 rings (SSSR count). The molecule has 1 N–H and O–H groups in total. The van der Waals surface area contributed by atoms with Gasteiger partial charge in [0.15, 0.2) is 6.23 Å². The van der Waals surface area contributed by atoms with Gasteiger partial charge in [-0.1, -0.05) is 12.1 Å². The summed E-state index contributed by atoms with van der Waals surface area (Å²) in [6, 6.07) is 12.8. The second-order valence-electron chi connectivity index (χ2n) is 4.32. The minimum absolute atomic E-state index is 0.00344. The molecule has 1 aliphatic heterocycles. The quantitative estimate of drug-likeness (QED) is 0.671. The fourth-order valence-corrected chi connectivity index (χ4v) is 2.03. The SMILES string of the molecule is O=C1N[C@@H](c2ccc([N+](=O)[O-])cc2)Oc2ccccc21. The van der Waals surface area contributed by atoms with E-state index in [1.165, 1.54) is 12.1 Å². The van der Waals surface area contributed by atoms with Gasteiger partial charge < -0.3 is 10.1 Å². The predicted molar refractivity (Wildman–Crippen MR) is 70.4 cm³/mol. The molecular weight excluding hydrogens is 260 g/mol. The summed E-state index contributed by atoms with van der Waals surface area (Å²) >= 11 is 0. The highest BCUT2D eigenvalue weighted by atomic mass is 16.6. The van der Waals surface area contributed by atoms with Gasteiger partial charge in [0.1, 0.15) is 5.75 Å². The summed E-state index contributed by atoms with van der Waals surface area (Å²) in [7, 11) is 0. The lowest BCUT2D eigenvalue weighted by Gasteiger charge is -2.26. The minimum Gasteiger partial charge on any atom is -0.466 e. The molecule has 0 unspecified atom stereocenters. The van der Waals surface area contributed by atoms with E-state index in [0.717, 1.165) is 0 Å². The normalized spacial score (nSPS) is 16.8. The molecule has 20 heavy (non-hydrogen) atoms. The highest BCUT2D eigenvalue weighted by Crippen LogP contribution is 2.29. The third-order valence-corrected chi connectivity index (χ3v) is 3.05. The average molecular weight is 270 g/mol.